The summed E-state index contributed by atoms with van der Waals surface area (Å²) in [4.78, 5) is 12.1. The molecule has 0 spiro atoms. The molecule has 0 atom stereocenters. The molecule has 90 valence electrons. The molecule has 0 saturated heterocycles. The van der Waals surface area contributed by atoms with Crippen molar-refractivity contribution >= 4 is 11.9 Å². The Hall–Kier alpha value is -2.15. The summed E-state index contributed by atoms with van der Waals surface area (Å²) >= 11 is 0. The van der Waals surface area contributed by atoms with Gasteiger partial charge in [0, 0.05) is 12.0 Å². The lowest BCUT2D eigenvalue weighted by Gasteiger charge is -2.02. The Morgan fingerprint density at radius 2 is 1.67 bits per heavy atom. The topological polar surface area (TPSA) is 17.1 Å². The first kappa shape index (κ1) is 12.3. The van der Waals surface area contributed by atoms with E-state index in [1.54, 1.807) is 0 Å². The largest absolute Gasteiger partial charge is 0.294 e. The summed E-state index contributed by atoms with van der Waals surface area (Å²) in [5, 5.41) is 0. The molecule has 2 rings (SSSR count). The Kier molecular flexibility index (Phi) is 4.08. The van der Waals surface area contributed by atoms with E-state index in [0.29, 0.717) is 6.42 Å². The van der Waals surface area contributed by atoms with Crippen LogP contribution in [0.1, 0.15) is 28.4 Å². The molecule has 2 aromatic carbocycles. The van der Waals surface area contributed by atoms with Gasteiger partial charge in [0.05, 0.1) is 0 Å². The average Bonchev–Trinajstić information content (AvgIpc) is 2.41. The number of rotatable bonds is 4. The maximum absolute atomic E-state index is 12.1. The van der Waals surface area contributed by atoms with Crippen molar-refractivity contribution in [1.29, 1.82) is 0 Å². The number of carbonyl (C=O) groups excluding carboxylic acids is 1. The quantitative estimate of drug-likeness (QED) is 0.729. The predicted molar refractivity (Wildman–Crippen MR) is 75.6 cm³/mol. The van der Waals surface area contributed by atoms with Gasteiger partial charge in [-0.25, -0.2) is 0 Å². The van der Waals surface area contributed by atoms with Gasteiger partial charge in [-0.15, -0.1) is 0 Å². The van der Waals surface area contributed by atoms with E-state index in [1.165, 1.54) is 0 Å². The fourth-order valence-electron chi connectivity index (χ4n) is 1.86. The molecule has 0 amide bonds. The van der Waals surface area contributed by atoms with Crippen LogP contribution in [0.25, 0.3) is 6.08 Å². The lowest BCUT2D eigenvalue weighted by molar-refractivity contribution is 0.0993. The Morgan fingerprint density at radius 3 is 2.28 bits per heavy atom. The van der Waals surface area contributed by atoms with Gasteiger partial charge in [0.25, 0.3) is 0 Å². The summed E-state index contributed by atoms with van der Waals surface area (Å²) in [6, 6.07) is 17.5. The molecule has 0 aromatic heterocycles. The molecular formula is C17H16O. The zero-order valence-corrected chi connectivity index (χ0v) is 10.5. The first-order valence-electron chi connectivity index (χ1n) is 6.09. The molecule has 0 radical (unpaired) electrons. The van der Waals surface area contributed by atoms with Crippen LogP contribution < -0.4 is 0 Å². The summed E-state index contributed by atoms with van der Waals surface area (Å²) < 4.78 is 0. The molecule has 0 unspecified atom stereocenters. The first-order chi connectivity index (χ1) is 8.79. The van der Waals surface area contributed by atoms with Crippen LogP contribution >= 0.6 is 0 Å². The Bertz CT molecular complexity index is 536. The van der Waals surface area contributed by atoms with E-state index in [9.17, 15) is 4.79 Å². The molecule has 0 aliphatic rings. The number of ketones is 1. The molecular weight excluding hydrogens is 220 g/mol. The van der Waals surface area contributed by atoms with E-state index in [4.69, 9.17) is 0 Å². The third-order valence-electron chi connectivity index (χ3n) is 2.80. The Balaban J connectivity index is 2.09. The second kappa shape index (κ2) is 5.97. The number of Topliss-reactive ketones (excluding diaryl/α,β-unsaturated/α-hetero) is 1. The lowest BCUT2D eigenvalue weighted by atomic mass is 10.0. The maximum atomic E-state index is 12.1. The van der Waals surface area contributed by atoms with Crippen LogP contribution in [-0.4, -0.2) is 5.78 Å². The van der Waals surface area contributed by atoms with Gasteiger partial charge in [-0.3, -0.25) is 4.79 Å². The van der Waals surface area contributed by atoms with E-state index in [-0.39, 0.29) is 5.78 Å². The van der Waals surface area contributed by atoms with E-state index < -0.39 is 0 Å². The number of hydrogen-bond donors (Lipinski definition) is 0. The van der Waals surface area contributed by atoms with Crippen molar-refractivity contribution in [2.45, 2.75) is 13.3 Å². The van der Waals surface area contributed by atoms with Crippen molar-refractivity contribution in [3.8, 4) is 0 Å². The third-order valence-corrected chi connectivity index (χ3v) is 2.80. The number of carbonyl (C=O) groups is 1. The van der Waals surface area contributed by atoms with Crippen molar-refractivity contribution < 1.29 is 4.79 Å². The molecule has 0 N–H and O–H groups in total. The third kappa shape index (κ3) is 3.17. The van der Waals surface area contributed by atoms with Gasteiger partial charge in [-0.2, -0.15) is 0 Å². The van der Waals surface area contributed by atoms with Crippen LogP contribution in [0.3, 0.4) is 0 Å². The minimum Gasteiger partial charge on any atom is -0.294 e. The van der Waals surface area contributed by atoms with Crippen molar-refractivity contribution in [2.24, 2.45) is 0 Å². The van der Waals surface area contributed by atoms with Gasteiger partial charge < -0.3 is 0 Å². The van der Waals surface area contributed by atoms with Gasteiger partial charge in [-0.05, 0) is 18.1 Å². The smallest absolute Gasteiger partial charge is 0.167 e. The molecule has 0 aliphatic heterocycles. The van der Waals surface area contributed by atoms with Crippen LogP contribution in [0, 0.1) is 0 Å². The monoisotopic (exact) mass is 236 g/mol. The van der Waals surface area contributed by atoms with E-state index in [2.05, 4.69) is 0 Å². The Labute approximate surface area is 108 Å². The van der Waals surface area contributed by atoms with Gasteiger partial charge >= 0.3 is 0 Å². The Morgan fingerprint density at radius 1 is 1.00 bits per heavy atom. The van der Waals surface area contributed by atoms with Gasteiger partial charge in [-0.1, -0.05) is 66.7 Å². The van der Waals surface area contributed by atoms with Crippen molar-refractivity contribution in [3.63, 3.8) is 0 Å². The number of hydrogen-bond acceptors (Lipinski definition) is 1. The second-order valence-corrected chi connectivity index (χ2v) is 4.21. The summed E-state index contributed by atoms with van der Waals surface area (Å²) in [5.74, 6) is 0.160. The van der Waals surface area contributed by atoms with Crippen LogP contribution in [0.15, 0.2) is 60.7 Å². The predicted octanol–water partition coefficient (Wildman–Crippen LogP) is 4.15. The van der Waals surface area contributed by atoms with Crippen LogP contribution in [0.2, 0.25) is 0 Å². The molecule has 0 aliphatic carbocycles. The van der Waals surface area contributed by atoms with E-state index in [1.807, 2.05) is 73.7 Å². The minimum atomic E-state index is 0.160. The summed E-state index contributed by atoms with van der Waals surface area (Å²) in [6.07, 6.45) is 4.47. The highest BCUT2D eigenvalue weighted by atomic mass is 16.1. The van der Waals surface area contributed by atoms with Crippen LogP contribution in [0.5, 0.6) is 0 Å². The van der Waals surface area contributed by atoms with Gasteiger partial charge in [0.2, 0.25) is 0 Å². The second-order valence-electron chi connectivity index (χ2n) is 4.21. The molecule has 1 heteroatoms. The molecule has 1 nitrogen and oxygen atoms in total. The molecule has 0 fully saturated rings. The lowest BCUT2D eigenvalue weighted by Crippen LogP contribution is -2.03. The van der Waals surface area contributed by atoms with Crippen molar-refractivity contribution in [3.05, 3.63) is 77.4 Å². The minimum absolute atomic E-state index is 0.160. The molecule has 18 heavy (non-hydrogen) atoms. The maximum Gasteiger partial charge on any atom is 0.167 e. The number of allylic oxidation sites excluding steroid dienone is 1. The average molecular weight is 236 g/mol. The number of benzene rings is 2. The summed E-state index contributed by atoms with van der Waals surface area (Å²) in [5.41, 5.74) is 2.95. The van der Waals surface area contributed by atoms with Crippen LogP contribution in [0.4, 0.5) is 0 Å². The standard InChI is InChI=1S/C17H16O/c1-2-6-14-9-11-16(12-10-14)17(18)13-15-7-4-3-5-8-15/h2-12H,13H2,1H3/b6-2+. The van der Waals surface area contributed by atoms with Crippen molar-refractivity contribution in [1.82, 2.24) is 0 Å². The molecule has 2 aromatic rings. The highest BCUT2D eigenvalue weighted by Crippen LogP contribution is 2.10. The van der Waals surface area contributed by atoms with Crippen LogP contribution in [-0.2, 0) is 6.42 Å². The van der Waals surface area contributed by atoms with E-state index >= 15 is 0 Å². The summed E-state index contributed by atoms with van der Waals surface area (Å²) in [7, 11) is 0. The molecule has 0 saturated carbocycles. The van der Waals surface area contributed by atoms with Gasteiger partial charge in [0.15, 0.2) is 5.78 Å². The molecule has 0 heterocycles. The fourth-order valence-corrected chi connectivity index (χ4v) is 1.86. The SMILES string of the molecule is C/C=C/c1ccc(C(=O)Cc2ccccc2)cc1. The zero-order chi connectivity index (χ0) is 12.8. The highest BCUT2D eigenvalue weighted by molar-refractivity contribution is 5.97. The van der Waals surface area contributed by atoms with Gasteiger partial charge in [0.1, 0.15) is 0 Å². The van der Waals surface area contributed by atoms with E-state index in [0.717, 1.165) is 16.7 Å². The molecule has 0 bridgehead atoms. The normalized spacial score (nSPS) is 10.7. The zero-order valence-electron chi connectivity index (χ0n) is 10.5. The summed E-state index contributed by atoms with van der Waals surface area (Å²) in [6.45, 7) is 1.98. The fraction of sp³-hybridized carbons (Fsp3) is 0.118. The van der Waals surface area contributed by atoms with Crippen molar-refractivity contribution in [2.75, 3.05) is 0 Å². The first-order valence-corrected chi connectivity index (χ1v) is 6.09. The highest BCUT2D eigenvalue weighted by Gasteiger charge is 2.06.